The molecule has 6 atom stereocenters. The molecule has 4 aliphatic rings. The zero-order valence-electron chi connectivity index (χ0n) is 25.9. The molecule has 4 N–H and O–H groups in total. The van der Waals surface area contributed by atoms with Crippen molar-refractivity contribution in [1.29, 1.82) is 5.26 Å². The normalized spacial score (nSPS) is 25.9. The van der Waals surface area contributed by atoms with E-state index in [1.165, 1.54) is 6.92 Å². The average molecular weight is 606 g/mol. The van der Waals surface area contributed by atoms with E-state index in [2.05, 4.69) is 27.3 Å². The van der Waals surface area contributed by atoms with Crippen LogP contribution in [0.5, 0.6) is 28.7 Å². The van der Waals surface area contributed by atoms with Crippen molar-refractivity contribution in [2.24, 2.45) is 5.73 Å². The molecule has 12 heteroatoms. The van der Waals surface area contributed by atoms with E-state index in [-0.39, 0.29) is 43.1 Å². The summed E-state index contributed by atoms with van der Waals surface area (Å²) in [5, 5.41) is 25.5. The quantitative estimate of drug-likeness (QED) is 0.339. The maximum Gasteiger partial charge on any atom is 0.308 e. The number of nitrogens with zero attached hydrogens (tertiary/aromatic N) is 3. The number of carbonyl (C=O) groups is 2. The molecule has 2 aromatic rings. The van der Waals surface area contributed by atoms with Gasteiger partial charge in [0.15, 0.2) is 23.0 Å². The molecule has 2 bridgehead atoms. The van der Waals surface area contributed by atoms with Gasteiger partial charge in [-0.1, -0.05) is 6.07 Å². The van der Waals surface area contributed by atoms with Crippen molar-refractivity contribution in [2.75, 3.05) is 27.5 Å². The number of benzene rings is 2. The van der Waals surface area contributed by atoms with E-state index in [0.29, 0.717) is 53.4 Å². The van der Waals surface area contributed by atoms with Crippen molar-refractivity contribution < 1.29 is 33.6 Å². The number of ether oxygens (including phenoxy) is 4. The second kappa shape index (κ2) is 11.1. The van der Waals surface area contributed by atoms with Gasteiger partial charge in [0, 0.05) is 47.8 Å². The Balaban J connectivity index is 1.62. The van der Waals surface area contributed by atoms with Gasteiger partial charge in [0.25, 0.3) is 0 Å². The van der Waals surface area contributed by atoms with Crippen LogP contribution in [0.25, 0.3) is 0 Å². The summed E-state index contributed by atoms with van der Waals surface area (Å²) in [5.74, 6) is 1.07. The molecule has 12 nitrogen and oxygen atoms in total. The molecule has 0 radical (unpaired) electrons. The fourth-order valence-corrected chi connectivity index (χ4v) is 7.89. The van der Waals surface area contributed by atoms with Crippen LogP contribution < -0.4 is 30.0 Å². The molecule has 1 unspecified atom stereocenters. The number of rotatable bonds is 5. The Hall–Kier alpha value is -4.05. The smallest absolute Gasteiger partial charge is 0.308 e. The third-order valence-corrected chi connectivity index (χ3v) is 9.67. The average Bonchev–Trinajstić information content (AvgIpc) is 3.43. The number of fused-ring (bicyclic) bond motifs is 9. The second-order valence-electron chi connectivity index (χ2n) is 12.2. The molecular formula is C32H39N5O7. The molecule has 0 saturated carbocycles. The van der Waals surface area contributed by atoms with Crippen molar-refractivity contribution in [1.82, 2.24) is 15.1 Å². The van der Waals surface area contributed by atoms with Crippen molar-refractivity contribution >= 4 is 11.9 Å². The number of phenolic OH excluding ortho intramolecular Hbond substituents is 1. The molecule has 4 heterocycles. The molecule has 1 amide bonds. The van der Waals surface area contributed by atoms with Crippen LogP contribution in [0, 0.1) is 25.2 Å². The van der Waals surface area contributed by atoms with Crippen molar-refractivity contribution in [3.63, 3.8) is 0 Å². The number of esters is 1. The lowest BCUT2D eigenvalue weighted by Gasteiger charge is -2.57. The Labute approximate surface area is 256 Å². The third kappa shape index (κ3) is 4.45. The molecule has 234 valence electrons. The van der Waals surface area contributed by atoms with Crippen LogP contribution in [0.3, 0.4) is 0 Å². The molecule has 44 heavy (non-hydrogen) atoms. The third-order valence-electron chi connectivity index (χ3n) is 9.67. The second-order valence-corrected chi connectivity index (χ2v) is 12.2. The van der Waals surface area contributed by atoms with E-state index in [9.17, 15) is 20.0 Å². The lowest BCUT2D eigenvalue weighted by atomic mass is 9.76. The minimum Gasteiger partial charge on any atom is -0.504 e. The van der Waals surface area contributed by atoms with Crippen LogP contribution in [0.15, 0.2) is 6.07 Å². The number of nitriles is 1. The van der Waals surface area contributed by atoms with Gasteiger partial charge in [-0.25, -0.2) is 0 Å². The highest BCUT2D eigenvalue weighted by Gasteiger charge is 2.55. The van der Waals surface area contributed by atoms with E-state index >= 15 is 0 Å². The lowest BCUT2D eigenvalue weighted by molar-refractivity contribution is -0.132. The largest absolute Gasteiger partial charge is 0.504 e. The van der Waals surface area contributed by atoms with Gasteiger partial charge in [-0.15, -0.1) is 0 Å². The number of nitrogens with two attached hydrogens (primary N) is 1. The SMILES string of the molecule is COc1c(C)cc2c(c1O)[C@@H]1C3Cc4c(OC(C)=O)c(C)c5c(c4[C@H](CNC(=O)[C@H](C)N)N3[C@@H](C#N)[C@H](CC2)N1C)OCO5. The zero-order valence-corrected chi connectivity index (χ0v) is 25.9. The molecule has 0 aromatic heterocycles. The first-order valence-corrected chi connectivity index (χ1v) is 14.9. The summed E-state index contributed by atoms with van der Waals surface area (Å²) in [7, 11) is 3.54. The number of methoxy groups -OCH3 is 1. The van der Waals surface area contributed by atoms with Gasteiger partial charge in [-0.3, -0.25) is 19.4 Å². The molecule has 1 fully saturated rings. The Morgan fingerprint density at radius 3 is 2.61 bits per heavy atom. The molecule has 2 aromatic carbocycles. The van der Waals surface area contributed by atoms with Crippen molar-refractivity contribution in [3.8, 4) is 34.8 Å². The lowest BCUT2D eigenvalue weighted by Crippen LogP contribution is -2.66. The minimum absolute atomic E-state index is 0.00939. The fraction of sp³-hybridized carbons (Fsp3) is 0.531. The van der Waals surface area contributed by atoms with E-state index in [0.717, 1.165) is 22.3 Å². The predicted octanol–water partition coefficient (Wildman–Crippen LogP) is 2.30. The Kier molecular flexibility index (Phi) is 7.60. The van der Waals surface area contributed by atoms with Crippen LogP contribution in [-0.4, -0.2) is 78.4 Å². The fourth-order valence-electron chi connectivity index (χ4n) is 7.89. The first-order chi connectivity index (χ1) is 21.0. The Bertz CT molecular complexity index is 1580. The highest BCUT2D eigenvalue weighted by molar-refractivity contribution is 5.81. The van der Waals surface area contributed by atoms with Gasteiger partial charge in [0.1, 0.15) is 11.8 Å². The standard InChI is InChI=1S/C32H39N5O7/c1-14-9-18-7-8-20-22(11-33)37-21(26(36(20)5)24(18)27(39)28(14)41-6)10-19-25(23(37)12-35-32(40)16(3)34)31-30(42-13-43-31)15(2)29(19)44-17(4)38/h9,16,20-23,26,39H,7-8,10,12-13,34H2,1-6H3,(H,35,40)/t16-,20-,21?,22-,23-,26-/m0/s1. The van der Waals surface area contributed by atoms with E-state index in [1.807, 2.05) is 20.9 Å². The maximum absolute atomic E-state index is 12.8. The first kappa shape index (κ1) is 30.0. The Morgan fingerprint density at radius 1 is 1.23 bits per heavy atom. The summed E-state index contributed by atoms with van der Waals surface area (Å²) >= 11 is 0. The van der Waals surface area contributed by atoms with Gasteiger partial charge in [0.2, 0.25) is 12.7 Å². The van der Waals surface area contributed by atoms with Crippen molar-refractivity contribution in [3.05, 3.63) is 39.4 Å². The number of carbonyl (C=O) groups excluding carboxylic acids is 2. The van der Waals surface area contributed by atoms with Crippen LogP contribution in [0.1, 0.15) is 65.7 Å². The number of aryl methyl sites for hydroxylation is 2. The molecule has 6 rings (SSSR count). The zero-order chi connectivity index (χ0) is 31.6. The number of amides is 1. The summed E-state index contributed by atoms with van der Waals surface area (Å²) in [6.07, 6.45) is 1.73. The minimum atomic E-state index is -0.741. The number of aromatic hydroxyl groups is 1. The molecule has 1 saturated heterocycles. The van der Waals surface area contributed by atoms with Gasteiger partial charge >= 0.3 is 5.97 Å². The number of hydrogen-bond donors (Lipinski definition) is 3. The van der Waals surface area contributed by atoms with Crippen LogP contribution in [0.2, 0.25) is 0 Å². The summed E-state index contributed by atoms with van der Waals surface area (Å²) in [4.78, 5) is 29.6. The highest BCUT2D eigenvalue weighted by atomic mass is 16.7. The van der Waals surface area contributed by atoms with Crippen molar-refractivity contribution in [2.45, 2.75) is 83.2 Å². The van der Waals surface area contributed by atoms with Crippen LogP contribution >= 0.6 is 0 Å². The van der Waals surface area contributed by atoms with E-state index in [1.54, 1.807) is 14.0 Å². The Morgan fingerprint density at radius 2 is 1.95 bits per heavy atom. The number of nitrogens with one attached hydrogen (secondary N) is 1. The predicted molar refractivity (Wildman–Crippen MR) is 159 cm³/mol. The maximum atomic E-state index is 12.8. The van der Waals surface area contributed by atoms with E-state index < -0.39 is 24.1 Å². The number of phenols is 1. The van der Waals surface area contributed by atoms with Gasteiger partial charge in [-0.05, 0) is 58.2 Å². The van der Waals surface area contributed by atoms with E-state index in [4.69, 9.17) is 24.7 Å². The monoisotopic (exact) mass is 605 g/mol. The summed E-state index contributed by atoms with van der Waals surface area (Å²) < 4.78 is 23.4. The first-order valence-electron chi connectivity index (χ1n) is 14.9. The van der Waals surface area contributed by atoms with Gasteiger partial charge in [0.05, 0.1) is 31.3 Å². The molecular weight excluding hydrogens is 566 g/mol. The summed E-state index contributed by atoms with van der Waals surface area (Å²) in [6, 6.07) is 1.89. The summed E-state index contributed by atoms with van der Waals surface area (Å²) in [6.45, 7) is 6.82. The molecule has 0 spiro atoms. The number of hydrogen-bond acceptors (Lipinski definition) is 11. The topological polar surface area (TPSA) is 160 Å². The van der Waals surface area contributed by atoms with Crippen LogP contribution in [-0.2, 0) is 22.4 Å². The number of likely N-dealkylation sites (N-methyl/N-ethyl adjacent to an activating group) is 1. The van der Waals surface area contributed by atoms with Crippen LogP contribution in [0.4, 0.5) is 0 Å². The molecule has 0 aliphatic carbocycles. The molecule has 4 aliphatic heterocycles. The van der Waals surface area contributed by atoms with Gasteiger partial charge < -0.3 is 35.1 Å². The van der Waals surface area contributed by atoms with Gasteiger partial charge in [-0.2, -0.15) is 5.26 Å². The summed E-state index contributed by atoms with van der Waals surface area (Å²) in [5.41, 5.74) is 10.6. The highest BCUT2D eigenvalue weighted by Crippen LogP contribution is 2.57. The number of piperazine rings is 1.